The fourth-order valence-corrected chi connectivity index (χ4v) is 2.89. The van der Waals surface area contributed by atoms with Crippen LogP contribution in [0.1, 0.15) is 29.8 Å². The summed E-state index contributed by atoms with van der Waals surface area (Å²) in [4.78, 5) is 25.7. The minimum atomic E-state index is -0.0155. The number of ether oxygens (including phenoxy) is 1. The Morgan fingerprint density at radius 3 is 2.70 bits per heavy atom. The van der Waals surface area contributed by atoms with Gasteiger partial charge in [-0.05, 0) is 37.6 Å². The quantitative estimate of drug-likeness (QED) is 0.843. The minimum Gasteiger partial charge on any atom is -0.372 e. The van der Waals surface area contributed by atoms with E-state index in [1.807, 2.05) is 24.8 Å². The largest absolute Gasteiger partial charge is 0.372 e. The number of fused-ring (bicyclic) bond motifs is 1. The van der Waals surface area contributed by atoms with E-state index >= 15 is 0 Å². The van der Waals surface area contributed by atoms with Crippen LogP contribution >= 0.6 is 0 Å². The molecule has 20 heavy (non-hydrogen) atoms. The molecule has 0 aromatic heterocycles. The van der Waals surface area contributed by atoms with Crippen molar-refractivity contribution in [1.82, 2.24) is 4.90 Å². The first kappa shape index (κ1) is 13.1. The lowest BCUT2D eigenvalue weighted by molar-refractivity contribution is -0.115. The predicted octanol–water partition coefficient (Wildman–Crippen LogP) is 1.43. The van der Waals surface area contributed by atoms with Gasteiger partial charge >= 0.3 is 0 Å². The van der Waals surface area contributed by atoms with Gasteiger partial charge in [0.15, 0.2) is 0 Å². The molecule has 1 aromatic rings. The first-order valence-electron chi connectivity index (χ1n) is 6.90. The van der Waals surface area contributed by atoms with Crippen molar-refractivity contribution in [2.24, 2.45) is 0 Å². The number of benzene rings is 1. The summed E-state index contributed by atoms with van der Waals surface area (Å²) in [5.74, 6) is -0.00707. The zero-order valence-corrected chi connectivity index (χ0v) is 11.7. The first-order valence-corrected chi connectivity index (χ1v) is 6.90. The Kier molecular flexibility index (Phi) is 3.22. The second kappa shape index (κ2) is 4.90. The van der Waals surface area contributed by atoms with Crippen molar-refractivity contribution < 1.29 is 14.3 Å². The summed E-state index contributed by atoms with van der Waals surface area (Å²) < 4.78 is 5.64. The summed E-state index contributed by atoms with van der Waals surface area (Å²) in [5.41, 5.74) is 2.35. The van der Waals surface area contributed by atoms with Crippen molar-refractivity contribution in [2.45, 2.75) is 32.5 Å². The fraction of sp³-hybridized carbons (Fsp3) is 0.467. The summed E-state index contributed by atoms with van der Waals surface area (Å²) in [6.07, 6.45) is 0.465. The van der Waals surface area contributed by atoms with Crippen LogP contribution in [0.3, 0.4) is 0 Å². The standard InChI is InChI=1S/C15H18N2O3/c1-9-7-17(8-10(2)20-9)15(19)11-3-4-13-12(5-11)6-14(18)16-13/h3-5,9-10H,6-8H2,1-2H3,(H,16,18)/t9-,10+. The zero-order chi connectivity index (χ0) is 14.3. The lowest BCUT2D eigenvalue weighted by Crippen LogP contribution is -2.48. The van der Waals surface area contributed by atoms with Gasteiger partial charge in [-0.15, -0.1) is 0 Å². The molecule has 2 aliphatic heterocycles. The third kappa shape index (κ3) is 2.41. The summed E-state index contributed by atoms with van der Waals surface area (Å²) in [6.45, 7) is 5.16. The number of nitrogens with one attached hydrogen (secondary N) is 1. The number of morpholine rings is 1. The third-order valence-electron chi connectivity index (χ3n) is 3.68. The monoisotopic (exact) mass is 274 g/mol. The maximum absolute atomic E-state index is 12.5. The maximum atomic E-state index is 12.5. The van der Waals surface area contributed by atoms with Crippen LogP contribution in [-0.4, -0.2) is 42.0 Å². The van der Waals surface area contributed by atoms with E-state index in [4.69, 9.17) is 4.74 Å². The van der Waals surface area contributed by atoms with Gasteiger partial charge in [0.1, 0.15) is 0 Å². The van der Waals surface area contributed by atoms with E-state index in [2.05, 4.69) is 5.32 Å². The predicted molar refractivity (Wildman–Crippen MR) is 74.7 cm³/mol. The topological polar surface area (TPSA) is 58.6 Å². The molecule has 0 saturated carbocycles. The first-order chi connectivity index (χ1) is 9.52. The molecular weight excluding hydrogens is 256 g/mol. The van der Waals surface area contributed by atoms with Gasteiger partial charge in [0.05, 0.1) is 18.6 Å². The van der Waals surface area contributed by atoms with Crippen molar-refractivity contribution in [3.63, 3.8) is 0 Å². The number of hydrogen-bond donors (Lipinski definition) is 1. The van der Waals surface area contributed by atoms with Crippen LogP contribution in [0, 0.1) is 0 Å². The van der Waals surface area contributed by atoms with E-state index < -0.39 is 0 Å². The van der Waals surface area contributed by atoms with Crippen LogP contribution in [0.5, 0.6) is 0 Å². The molecule has 3 rings (SSSR count). The SMILES string of the molecule is C[C@@H]1CN(C(=O)c2ccc3c(c2)CC(=O)N3)C[C@H](C)O1. The molecule has 0 spiro atoms. The Hall–Kier alpha value is -1.88. The average molecular weight is 274 g/mol. The Labute approximate surface area is 117 Å². The summed E-state index contributed by atoms with van der Waals surface area (Å²) in [6, 6.07) is 5.40. The highest BCUT2D eigenvalue weighted by Crippen LogP contribution is 2.25. The molecule has 2 aliphatic rings. The highest BCUT2D eigenvalue weighted by atomic mass is 16.5. The highest BCUT2D eigenvalue weighted by Gasteiger charge is 2.27. The molecule has 2 amide bonds. The number of amides is 2. The number of carbonyl (C=O) groups is 2. The molecule has 1 fully saturated rings. The average Bonchev–Trinajstić information content (AvgIpc) is 2.75. The third-order valence-corrected chi connectivity index (χ3v) is 3.68. The molecule has 1 saturated heterocycles. The van der Waals surface area contributed by atoms with Crippen LogP contribution in [-0.2, 0) is 16.0 Å². The number of anilines is 1. The summed E-state index contributed by atoms with van der Waals surface area (Å²) in [7, 11) is 0. The summed E-state index contributed by atoms with van der Waals surface area (Å²) in [5, 5.41) is 2.77. The molecule has 0 aliphatic carbocycles. The van der Waals surface area contributed by atoms with Crippen molar-refractivity contribution in [3.05, 3.63) is 29.3 Å². The highest BCUT2D eigenvalue weighted by molar-refractivity contribution is 6.01. The second-order valence-corrected chi connectivity index (χ2v) is 5.56. The van der Waals surface area contributed by atoms with Crippen molar-refractivity contribution in [1.29, 1.82) is 0 Å². The molecule has 2 atom stereocenters. The molecule has 0 unspecified atom stereocenters. The van der Waals surface area contributed by atoms with Gasteiger partial charge in [0.25, 0.3) is 5.91 Å². The van der Waals surface area contributed by atoms with Gasteiger partial charge in [-0.1, -0.05) is 0 Å². The van der Waals surface area contributed by atoms with Gasteiger partial charge in [-0.25, -0.2) is 0 Å². The lowest BCUT2D eigenvalue weighted by Gasteiger charge is -2.35. The molecule has 0 radical (unpaired) electrons. The van der Waals surface area contributed by atoms with Gasteiger partial charge in [-0.2, -0.15) is 0 Å². The van der Waals surface area contributed by atoms with E-state index in [9.17, 15) is 9.59 Å². The number of hydrogen-bond acceptors (Lipinski definition) is 3. The van der Waals surface area contributed by atoms with Crippen LogP contribution in [0.15, 0.2) is 18.2 Å². The van der Waals surface area contributed by atoms with Crippen molar-refractivity contribution in [3.8, 4) is 0 Å². The molecule has 0 bridgehead atoms. The van der Waals surface area contributed by atoms with Crippen LogP contribution in [0.4, 0.5) is 5.69 Å². The fourth-order valence-electron chi connectivity index (χ4n) is 2.89. The maximum Gasteiger partial charge on any atom is 0.254 e. The van der Waals surface area contributed by atoms with Gasteiger partial charge < -0.3 is 15.0 Å². The molecule has 5 nitrogen and oxygen atoms in total. The Morgan fingerprint density at radius 1 is 1.30 bits per heavy atom. The molecule has 5 heteroatoms. The van der Waals surface area contributed by atoms with Gasteiger partial charge in [0, 0.05) is 24.3 Å². The van der Waals surface area contributed by atoms with Crippen molar-refractivity contribution in [2.75, 3.05) is 18.4 Å². The second-order valence-electron chi connectivity index (χ2n) is 5.56. The molecule has 106 valence electrons. The van der Waals surface area contributed by atoms with E-state index in [1.54, 1.807) is 12.1 Å². The van der Waals surface area contributed by atoms with E-state index in [-0.39, 0.29) is 24.0 Å². The Balaban J connectivity index is 1.81. The minimum absolute atomic E-state index is 0.00847. The molecule has 1 aromatic carbocycles. The summed E-state index contributed by atoms with van der Waals surface area (Å²) >= 11 is 0. The molecule has 1 N–H and O–H groups in total. The van der Waals surface area contributed by atoms with E-state index in [0.29, 0.717) is 25.1 Å². The molecular formula is C15H18N2O3. The number of rotatable bonds is 1. The van der Waals surface area contributed by atoms with E-state index in [1.165, 1.54) is 0 Å². The zero-order valence-electron chi connectivity index (χ0n) is 11.7. The van der Waals surface area contributed by atoms with Gasteiger partial charge in [0.2, 0.25) is 5.91 Å². The van der Waals surface area contributed by atoms with Crippen molar-refractivity contribution >= 4 is 17.5 Å². The van der Waals surface area contributed by atoms with Crippen LogP contribution in [0.2, 0.25) is 0 Å². The number of carbonyl (C=O) groups excluding carboxylic acids is 2. The van der Waals surface area contributed by atoms with Crippen LogP contribution in [0.25, 0.3) is 0 Å². The number of nitrogens with zero attached hydrogens (tertiary/aromatic N) is 1. The smallest absolute Gasteiger partial charge is 0.254 e. The normalized spacial score (nSPS) is 25.3. The van der Waals surface area contributed by atoms with Gasteiger partial charge in [-0.3, -0.25) is 9.59 Å². The Morgan fingerprint density at radius 2 is 2.00 bits per heavy atom. The van der Waals surface area contributed by atoms with Crippen LogP contribution < -0.4 is 5.32 Å². The lowest BCUT2D eigenvalue weighted by atomic mass is 10.1. The molecule has 2 heterocycles. The Bertz CT molecular complexity index is 560. The van der Waals surface area contributed by atoms with E-state index in [0.717, 1.165) is 11.3 Å².